The fourth-order valence-electron chi connectivity index (χ4n) is 0.595. The maximum atomic E-state index is 3.97. The molecule has 0 aliphatic heterocycles. The van der Waals surface area contributed by atoms with Crippen molar-refractivity contribution in [3.8, 4) is 0 Å². The van der Waals surface area contributed by atoms with E-state index in [2.05, 4.69) is 17.2 Å². The van der Waals surface area contributed by atoms with Gasteiger partial charge in [-0.1, -0.05) is 12.1 Å². The second kappa shape index (κ2) is 1.94. The summed E-state index contributed by atoms with van der Waals surface area (Å²) in [5.74, 6) is 0. The molecule has 3 nitrogen and oxygen atoms in total. The summed E-state index contributed by atoms with van der Waals surface area (Å²) in [4.78, 5) is 0. The highest BCUT2D eigenvalue weighted by Gasteiger charge is 1.99. The summed E-state index contributed by atoms with van der Waals surface area (Å²) in [6.45, 7) is 2.08. The van der Waals surface area contributed by atoms with E-state index in [1.54, 1.807) is 0 Å². The predicted octanol–water partition coefficient (Wildman–Crippen LogP) is -0.203. The van der Waals surface area contributed by atoms with Gasteiger partial charge in [-0.25, -0.2) is 0 Å². The van der Waals surface area contributed by atoms with E-state index in [1.165, 1.54) is 0 Å². The molecule has 3 heteroatoms. The van der Waals surface area contributed by atoms with Crippen molar-refractivity contribution in [1.82, 2.24) is 10.3 Å². The molecule has 0 saturated carbocycles. The van der Waals surface area contributed by atoms with Gasteiger partial charge in [0, 0.05) is 11.5 Å². The zero-order chi connectivity index (χ0) is 5.98. The molecule has 0 fully saturated rings. The molecule has 0 bridgehead atoms. The van der Waals surface area contributed by atoms with Crippen LogP contribution in [0.15, 0.2) is 6.20 Å². The van der Waals surface area contributed by atoms with Crippen LogP contribution in [0.2, 0.25) is 0 Å². The fraction of sp³-hybridized carbons (Fsp3) is 0.600. The van der Waals surface area contributed by atoms with Crippen LogP contribution in [0.3, 0.4) is 0 Å². The Balaban J connectivity index is 2.84. The number of hydrogen-bond donors (Lipinski definition) is 1. The van der Waals surface area contributed by atoms with Crippen LogP contribution in [0.1, 0.15) is 12.6 Å². The van der Waals surface area contributed by atoms with Crippen LogP contribution in [-0.2, 0) is 13.5 Å². The largest absolute Gasteiger partial charge is 0.218 e. The number of nitrogens with zero attached hydrogens (tertiary/aromatic N) is 2. The lowest BCUT2D eigenvalue weighted by atomic mass is 10.4. The SMILES string of the molecule is CCc1c[n+](C)[nH]n1. The molecule has 0 atom stereocenters. The number of aryl methyl sites for hydroxylation is 2. The van der Waals surface area contributed by atoms with Gasteiger partial charge in [0.05, 0.1) is 0 Å². The molecule has 1 N–H and O–H groups in total. The van der Waals surface area contributed by atoms with E-state index in [9.17, 15) is 0 Å². The molecule has 0 spiro atoms. The van der Waals surface area contributed by atoms with Gasteiger partial charge in [0.25, 0.3) is 0 Å². The van der Waals surface area contributed by atoms with Gasteiger partial charge in [0.2, 0.25) is 5.69 Å². The molecule has 0 aliphatic rings. The topological polar surface area (TPSA) is 32.6 Å². The summed E-state index contributed by atoms with van der Waals surface area (Å²) in [5.41, 5.74) is 1.10. The molecule has 0 aromatic carbocycles. The number of hydrogen-bond acceptors (Lipinski definition) is 1. The van der Waals surface area contributed by atoms with Crippen molar-refractivity contribution in [2.45, 2.75) is 13.3 Å². The number of aromatic nitrogens is 3. The van der Waals surface area contributed by atoms with E-state index in [0.717, 1.165) is 12.1 Å². The van der Waals surface area contributed by atoms with Crippen LogP contribution >= 0.6 is 0 Å². The second-order valence-corrected chi connectivity index (χ2v) is 1.80. The van der Waals surface area contributed by atoms with Gasteiger partial charge < -0.3 is 0 Å². The first-order valence-electron chi connectivity index (χ1n) is 2.73. The zero-order valence-corrected chi connectivity index (χ0v) is 5.18. The van der Waals surface area contributed by atoms with E-state index in [0.29, 0.717) is 0 Å². The smallest absolute Gasteiger partial charge is 0.166 e. The molecule has 44 valence electrons. The van der Waals surface area contributed by atoms with Gasteiger partial charge in [0.1, 0.15) is 7.05 Å². The van der Waals surface area contributed by atoms with E-state index >= 15 is 0 Å². The first kappa shape index (κ1) is 5.28. The highest BCUT2D eigenvalue weighted by atomic mass is 15.4. The standard InChI is InChI=1S/C5H9N3/c1-3-5-4-8(2)7-6-5/h4H,3H2,1-2H3/p+1. The van der Waals surface area contributed by atoms with E-state index in [1.807, 2.05) is 17.9 Å². The highest BCUT2D eigenvalue weighted by molar-refractivity contribution is 4.84. The highest BCUT2D eigenvalue weighted by Crippen LogP contribution is 1.84. The first-order chi connectivity index (χ1) is 3.83. The summed E-state index contributed by atoms with van der Waals surface area (Å²) in [5, 5.41) is 6.76. The first-order valence-corrected chi connectivity index (χ1v) is 2.73. The molecule has 1 aromatic heterocycles. The molecule has 0 saturated heterocycles. The third-order valence-corrected chi connectivity index (χ3v) is 1.06. The summed E-state index contributed by atoms with van der Waals surface area (Å²) in [7, 11) is 1.92. The molecule has 0 aliphatic carbocycles. The van der Waals surface area contributed by atoms with Crippen molar-refractivity contribution < 1.29 is 4.68 Å². The Bertz CT molecular complexity index is 168. The zero-order valence-electron chi connectivity index (χ0n) is 5.18. The molecule has 0 radical (unpaired) electrons. The van der Waals surface area contributed by atoms with Crippen LogP contribution in [0.5, 0.6) is 0 Å². The lowest BCUT2D eigenvalue weighted by Crippen LogP contribution is -2.28. The normalized spacial score (nSPS) is 9.75. The molecular weight excluding hydrogens is 102 g/mol. The van der Waals surface area contributed by atoms with E-state index in [4.69, 9.17) is 0 Å². The average molecular weight is 112 g/mol. The summed E-state index contributed by atoms with van der Waals surface area (Å²) in [6, 6.07) is 0. The Morgan fingerprint density at radius 2 is 2.62 bits per heavy atom. The predicted molar refractivity (Wildman–Crippen MR) is 29.1 cm³/mol. The van der Waals surface area contributed by atoms with Gasteiger partial charge >= 0.3 is 0 Å². The fourth-order valence-corrected chi connectivity index (χ4v) is 0.595. The minimum absolute atomic E-state index is 0.997. The van der Waals surface area contributed by atoms with Crippen molar-refractivity contribution in [3.05, 3.63) is 11.9 Å². The Morgan fingerprint density at radius 1 is 1.88 bits per heavy atom. The van der Waals surface area contributed by atoms with Crippen molar-refractivity contribution in [2.75, 3.05) is 0 Å². The van der Waals surface area contributed by atoms with Crippen LogP contribution in [0.4, 0.5) is 0 Å². The number of rotatable bonds is 1. The van der Waals surface area contributed by atoms with Crippen LogP contribution in [0.25, 0.3) is 0 Å². The molecule has 0 unspecified atom stereocenters. The molecule has 1 aromatic rings. The van der Waals surface area contributed by atoms with Crippen molar-refractivity contribution in [2.24, 2.45) is 7.05 Å². The molecular formula is C5H10N3+. The molecule has 1 heterocycles. The van der Waals surface area contributed by atoms with Gasteiger partial charge in [-0.15, -0.1) is 0 Å². The molecule has 1 rings (SSSR count). The van der Waals surface area contributed by atoms with Crippen molar-refractivity contribution >= 4 is 0 Å². The second-order valence-electron chi connectivity index (χ2n) is 1.80. The minimum atomic E-state index is 0.997. The molecule has 8 heavy (non-hydrogen) atoms. The Kier molecular flexibility index (Phi) is 1.28. The maximum absolute atomic E-state index is 3.97. The van der Waals surface area contributed by atoms with E-state index in [-0.39, 0.29) is 0 Å². The Labute approximate surface area is 48.3 Å². The lowest BCUT2D eigenvalue weighted by molar-refractivity contribution is -0.730. The summed E-state index contributed by atoms with van der Waals surface area (Å²) < 4.78 is 1.83. The lowest BCUT2D eigenvalue weighted by Gasteiger charge is -1.69. The van der Waals surface area contributed by atoms with Gasteiger partial charge in [-0.3, -0.25) is 0 Å². The number of aromatic amines is 1. The molecule has 0 amide bonds. The maximum Gasteiger partial charge on any atom is 0.218 e. The third-order valence-electron chi connectivity index (χ3n) is 1.06. The monoisotopic (exact) mass is 112 g/mol. The quantitative estimate of drug-likeness (QED) is 0.501. The van der Waals surface area contributed by atoms with Crippen LogP contribution in [0, 0.1) is 0 Å². The average Bonchev–Trinajstić information content (AvgIpc) is 2.14. The van der Waals surface area contributed by atoms with E-state index < -0.39 is 0 Å². The van der Waals surface area contributed by atoms with Gasteiger partial charge in [-0.2, -0.15) is 4.68 Å². The third kappa shape index (κ3) is 0.857. The van der Waals surface area contributed by atoms with Gasteiger partial charge in [-0.05, 0) is 0 Å². The van der Waals surface area contributed by atoms with Crippen molar-refractivity contribution in [3.63, 3.8) is 0 Å². The number of nitrogens with one attached hydrogen (secondary N) is 1. The Hall–Kier alpha value is -0.860. The summed E-state index contributed by atoms with van der Waals surface area (Å²) in [6.07, 6.45) is 2.97. The minimum Gasteiger partial charge on any atom is -0.166 e. The summed E-state index contributed by atoms with van der Waals surface area (Å²) >= 11 is 0. The Morgan fingerprint density at radius 3 is 2.88 bits per heavy atom. The number of H-pyrrole nitrogens is 1. The van der Waals surface area contributed by atoms with Gasteiger partial charge in [0.15, 0.2) is 6.20 Å². The van der Waals surface area contributed by atoms with Crippen LogP contribution in [-0.4, -0.2) is 10.3 Å². The van der Waals surface area contributed by atoms with Crippen molar-refractivity contribution in [1.29, 1.82) is 0 Å². The van der Waals surface area contributed by atoms with Crippen LogP contribution < -0.4 is 4.68 Å².